The fourth-order valence-corrected chi connectivity index (χ4v) is 3.90. The van der Waals surface area contributed by atoms with Gasteiger partial charge < -0.3 is 9.55 Å². The molecule has 0 spiro atoms. The van der Waals surface area contributed by atoms with Gasteiger partial charge in [0.1, 0.15) is 5.69 Å². The van der Waals surface area contributed by atoms with E-state index in [0.29, 0.717) is 0 Å². The van der Waals surface area contributed by atoms with Gasteiger partial charge in [0.05, 0.1) is 47.0 Å². The van der Waals surface area contributed by atoms with Gasteiger partial charge in [0.25, 0.3) is 0 Å². The lowest BCUT2D eigenvalue weighted by Crippen LogP contribution is -1.97. The molecule has 0 atom stereocenters. The molecule has 5 aromatic heterocycles. The van der Waals surface area contributed by atoms with Gasteiger partial charge in [-0.15, -0.1) is 0 Å². The average molecular weight is 394 g/mol. The molecule has 0 aliphatic heterocycles. The third-order valence-corrected chi connectivity index (χ3v) is 5.37. The number of aryl methyl sites for hydroxylation is 1. The molecule has 5 heterocycles. The number of hydrogen-bond acceptors (Lipinski definition) is 4. The number of fused-ring (bicyclic) bond motifs is 2. The Bertz CT molecular complexity index is 1430. The van der Waals surface area contributed by atoms with Crippen molar-refractivity contribution in [1.29, 1.82) is 0 Å². The maximum atomic E-state index is 4.58. The van der Waals surface area contributed by atoms with Crippen LogP contribution in [0, 0.1) is 6.92 Å². The summed E-state index contributed by atoms with van der Waals surface area (Å²) >= 11 is 0. The van der Waals surface area contributed by atoms with Crippen LogP contribution in [-0.2, 0) is 6.42 Å². The number of rotatable bonds is 3. The summed E-state index contributed by atoms with van der Waals surface area (Å²) in [6, 6.07) is 4.21. The van der Waals surface area contributed by atoms with Gasteiger partial charge in [-0.1, -0.05) is 12.2 Å². The Kier molecular flexibility index (Phi) is 3.58. The van der Waals surface area contributed by atoms with Crippen molar-refractivity contribution in [3.63, 3.8) is 0 Å². The van der Waals surface area contributed by atoms with Gasteiger partial charge in [0, 0.05) is 41.0 Å². The molecule has 0 amide bonds. The minimum Gasteiger partial charge on any atom is -0.356 e. The van der Waals surface area contributed by atoms with Crippen LogP contribution in [0.1, 0.15) is 17.0 Å². The topological polar surface area (TPSA) is 104 Å². The molecular weight excluding hydrogens is 376 g/mol. The van der Waals surface area contributed by atoms with Gasteiger partial charge in [0.15, 0.2) is 0 Å². The van der Waals surface area contributed by atoms with E-state index in [0.717, 1.165) is 62.6 Å². The molecule has 146 valence electrons. The SMILES string of the molecule is Cc1cn(C2=CC=CCc3[nH]c(-c4n[nH]c5cnc(-c6cn[nH]c6)cc45)cc32)cn1. The molecule has 0 radical (unpaired) electrons. The van der Waals surface area contributed by atoms with E-state index in [4.69, 9.17) is 0 Å². The Labute approximate surface area is 171 Å². The van der Waals surface area contributed by atoms with E-state index in [9.17, 15) is 0 Å². The second-order valence-corrected chi connectivity index (χ2v) is 7.36. The number of aromatic amines is 3. The minimum absolute atomic E-state index is 0.827. The maximum absolute atomic E-state index is 4.58. The van der Waals surface area contributed by atoms with E-state index < -0.39 is 0 Å². The summed E-state index contributed by atoms with van der Waals surface area (Å²) in [5, 5.41) is 15.6. The van der Waals surface area contributed by atoms with Crippen LogP contribution in [-0.4, -0.2) is 39.9 Å². The van der Waals surface area contributed by atoms with Crippen LogP contribution in [0.25, 0.3) is 39.2 Å². The highest BCUT2D eigenvalue weighted by molar-refractivity contribution is 5.94. The number of nitrogens with zero attached hydrogens (tertiary/aromatic N) is 5. The number of imidazole rings is 1. The summed E-state index contributed by atoms with van der Waals surface area (Å²) in [5.41, 5.74) is 8.89. The molecule has 1 aliphatic carbocycles. The highest BCUT2D eigenvalue weighted by Crippen LogP contribution is 2.33. The van der Waals surface area contributed by atoms with Crippen molar-refractivity contribution in [1.82, 2.24) is 39.9 Å². The molecule has 0 aromatic carbocycles. The largest absolute Gasteiger partial charge is 0.356 e. The molecule has 6 rings (SSSR count). The lowest BCUT2D eigenvalue weighted by Gasteiger charge is -2.06. The van der Waals surface area contributed by atoms with Crippen molar-refractivity contribution in [2.45, 2.75) is 13.3 Å². The number of pyridine rings is 1. The third-order valence-electron chi connectivity index (χ3n) is 5.37. The second kappa shape index (κ2) is 6.41. The van der Waals surface area contributed by atoms with Crippen molar-refractivity contribution >= 4 is 16.6 Å². The monoisotopic (exact) mass is 394 g/mol. The zero-order valence-corrected chi connectivity index (χ0v) is 16.2. The molecule has 0 bridgehead atoms. The first-order chi connectivity index (χ1) is 14.8. The molecule has 5 aromatic rings. The van der Waals surface area contributed by atoms with E-state index in [1.54, 1.807) is 6.20 Å². The van der Waals surface area contributed by atoms with Crippen molar-refractivity contribution in [2.24, 2.45) is 0 Å². The first-order valence-corrected chi connectivity index (χ1v) is 9.70. The molecule has 0 saturated carbocycles. The first-order valence-electron chi connectivity index (χ1n) is 9.70. The summed E-state index contributed by atoms with van der Waals surface area (Å²) in [6.45, 7) is 1.99. The number of H-pyrrole nitrogens is 3. The Balaban J connectivity index is 1.48. The predicted molar refractivity (Wildman–Crippen MR) is 114 cm³/mol. The average Bonchev–Trinajstić information content (AvgIpc) is 3.53. The van der Waals surface area contributed by atoms with E-state index in [1.165, 1.54) is 0 Å². The van der Waals surface area contributed by atoms with Crippen molar-refractivity contribution in [2.75, 3.05) is 0 Å². The molecule has 0 unspecified atom stereocenters. The Morgan fingerprint density at radius 2 is 2.10 bits per heavy atom. The number of nitrogens with one attached hydrogen (secondary N) is 3. The lowest BCUT2D eigenvalue weighted by molar-refractivity contribution is 1.07. The van der Waals surface area contributed by atoms with E-state index in [2.05, 4.69) is 64.2 Å². The Morgan fingerprint density at radius 1 is 1.13 bits per heavy atom. The van der Waals surface area contributed by atoms with Crippen LogP contribution in [0.3, 0.4) is 0 Å². The van der Waals surface area contributed by atoms with Gasteiger partial charge in [-0.05, 0) is 25.1 Å². The molecule has 3 N–H and O–H groups in total. The molecule has 0 saturated heterocycles. The number of allylic oxidation sites excluding steroid dienone is 3. The van der Waals surface area contributed by atoms with Crippen LogP contribution >= 0.6 is 0 Å². The van der Waals surface area contributed by atoms with E-state index >= 15 is 0 Å². The van der Waals surface area contributed by atoms with E-state index in [1.807, 2.05) is 37.9 Å². The van der Waals surface area contributed by atoms with Gasteiger partial charge in [-0.25, -0.2) is 4.98 Å². The standard InChI is InChI=1S/C22H18N8/c1-13-11-30(12-24-13)21-5-3-2-4-17-15(21)6-19(27-17)22-16-7-18(14-8-25-26-9-14)23-10-20(16)28-29-22/h2-3,5-12,27H,4H2,1H3,(H,25,26)(H,28,29). The first kappa shape index (κ1) is 16.7. The summed E-state index contributed by atoms with van der Waals surface area (Å²) in [4.78, 5) is 12.5. The Hall–Kier alpha value is -4.20. The zero-order valence-electron chi connectivity index (χ0n) is 16.2. The molecule has 8 nitrogen and oxygen atoms in total. The van der Waals surface area contributed by atoms with Crippen molar-refractivity contribution < 1.29 is 0 Å². The summed E-state index contributed by atoms with van der Waals surface area (Å²) in [5.74, 6) is 0. The summed E-state index contributed by atoms with van der Waals surface area (Å²) in [6.07, 6.45) is 16.5. The van der Waals surface area contributed by atoms with Crippen LogP contribution in [0.5, 0.6) is 0 Å². The van der Waals surface area contributed by atoms with Gasteiger partial charge in [-0.2, -0.15) is 10.2 Å². The van der Waals surface area contributed by atoms with Crippen LogP contribution in [0.2, 0.25) is 0 Å². The van der Waals surface area contributed by atoms with Crippen LogP contribution in [0.15, 0.2) is 61.5 Å². The van der Waals surface area contributed by atoms with Crippen LogP contribution in [0.4, 0.5) is 0 Å². The highest BCUT2D eigenvalue weighted by atomic mass is 15.1. The van der Waals surface area contributed by atoms with Gasteiger partial charge in [-0.3, -0.25) is 15.2 Å². The molecule has 1 aliphatic rings. The summed E-state index contributed by atoms with van der Waals surface area (Å²) < 4.78 is 2.06. The normalized spacial score (nSPS) is 13.4. The summed E-state index contributed by atoms with van der Waals surface area (Å²) in [7, 11) is 0. The van der Waals surface area contributed by atoms with Crippen molar-refractivity contribution in [3.8, 4) is 22.6 Å². The van der Waals surface area contributed by atoms with Gasteiger partial charge >= 0.3 is 0 Å². The molecular formula is C22H18N8. The fraction of sp³-hybridized carbons (Fsp3) is 0.0909. The van der Waals surface area contributed by atoms with Gasteiger partial charge in [0.2, 0.25) is 0 Å². The molecule has 0 fully saturated rings. The maximum Gasteiger partial charge on any atom is 0.116 e. The lowest BCUT2D eigenvalue weighted by atomic mass is 10.1. The van der Waals surface area contributed by atoms with Crippen LogP contribution < -0.4 is 0 Å². The Morgan fingerprint density at radius 3 is 2.93 bits per heavy atom. The number of aromatic nitrogens is 8. The number of hydrogen-bond donors (Lipinski definition) is 3. The molecule has 8 heteroatoms. The smallest absolute Gasteiger partial charge is 0.116 e. The van der Waals surface area contributed by atoms with E-state index in [-0.39, 0.29) is 0 Å². The third kappa shape index (κ3) is 2.61. The zero-order chi connectivity index (χ0) is 20.1. The highest BCUT2D eigenvalue weighted by Gasteiger charge is 2.19. The fourth-order valence-electron chi connectivity index (χ4n) is 3.90. The molecule has 30 heavy (non-hydrogen) atoms. The quantitative estimate of drug-likeness (QED) is 0.432. The van der Waals surface area contributed by atoms with Crippen molar-refractivity contribution in [3.05, 3.63) is 78.4 Å². The minimum atomic E-state index is 0.827. The predicted octanol–water partition coefficient (Wildman–Crippen LogP) is 3.85. The second-order valence-electron chi connectivity index (χ2n) is 7.36.